The van der Waals surface area contributed by atoms with Crippen molar-refractivity contribution in [2.45, 2.75) is 12.8 Å². The average molecular weight is 377 g/mol. The van der Waals surface area contributed by atoms with Gasteiger partial charge in [0.25, 0.3) is 0 Å². The summed E-state index contributed by atoms with van der Waals surface area (Å²) in [7, 11) is 2.45. The number of carbonyl (C=O) groups excluding carboxylic acids is 2. The molecule has 1 rings (SSSR count). The van der Waals surface area contributed by atoms with Crippen LogP contribution in [-0.4, -0.2) is 31.5 Å². The first-order valence-electron chi connectivity index (χ1n) is 6.83. The monoisotopic (exact) mass is 376 g/mol. The van der Waals surface area contributed by atoms with Crippen molar-refractivity contribution in [3.05, 3.63) is 35.9 Å². The van der Waals surface area contributed by atoms with Gasteiger partial charge in [-0.05, 0) is 12.1 Å². The molecular weight excluding hydrogens is 360 g/mol. The van der Waals surface area contributed by atoms with Crippen LogP contribution in [0.25, 0.3) is 0 Å². The molecule has 0 spiro atoms. The molecule has 0 saturated heterocycles. The molecule has 5 heteroatoms. The van der Waals surface area contributed by atoms with E-state index in [9.17, 15) is 9.59 Å². The first-order valence-corrected chi connectivity index (χ1v) is 7.95. The maximum atomic E-state index is 12.2. The minimum atomic E-state index is -1.54. The van der Waals surface area contributed by atoms with Gasteiger partial charge in [0.2, 0.25) is 0 Å². The lowest BCUT2D eigenvalue weighted by Crippen LogP contribution is -2.40. The summed E-state index contributed by atoms with van der Waals surface area (Å²) in [5, 5.41) is 0.446. The Labute approximate surface area is 144 Å². The Kier molecular flexibility index (Phi) is 7.94. The van der Waals surface area contributed by atoms with Gasteiger partial charge in [0, 0.05) is 18.4 Å². The molecule has 0 radical (unpaired) electrons. The fourth-order valence-corrected chi connectivity index (χ4v) is 2.10. The van der Waals surface area contributed by atoms with E-state index < -0.39 is 17.4 Å². The minimum Gasteiger partial charge on any atom is -0.468 e. The Hall–Kier alpha value is -2.24. The number of alkyl halides is 1. The lowest BCUT2D eigenvalue weighted by atomic mass is 9.81. The van der Waals surface area contributed by atoms with Crippen molar-refractivity contribution in [2.75, 3.05) is 19.5 Å². The van der Waals surface area contributed by atoms with Crippen molar-refractivity contribution in [2.24, 2.45) is 5.41 Å². The molecule has 0 aliphatic heterocycles. The fraction of sp³-hybridized carbons (Fsp3) is 0.333. The van der Waals surface area contributed by atoms with Crippen LogP contribution < -0.4 is 0 Å². The first kappa shape index (κ1) is 18.8. The second kappa shape index (κ2) is 9.71. The Morgan fingerprint density at radius 1 is 1.00 bits per heavy atom. The van der Waals surface area contributed by atoms with E-state index in [0.29, 0.717) is 5.33 Å². The summed E-state index contributed by atoms with van der Waals surface area (Å²) in [6, 6.07) is 9.29. The molecule has 23 heavy (non-hydrogen) atoms. The van der Waals surface area contributed by atoms with Crippen LogP contribution in [-0.2, 0) is 19.1 Å². The predicted octanol–water partition coefficient (Wildman–Crippen LogP) is 2.55. The third-order valence-corrected chi connectivity index (χ3v) is 3.41. The highest BCUT2D eigenvalue weighted by molar-refractivity contribution is 9.09. The summed E-state index contributed by atoms with van der Waals surface area (Å²) in [5.41, 5.74) is -0.747. The standard InChI is InChI=1S/C18H17BrO4/c1-22-16(20)18(17(21)23-2,12-6-7-14-19)13-8-11-15-9-4-3-5-10-15/h3-5,9-10H,12-14H2,1-2H3. The maximum Gasteiger partial charge on any atom is 0.325 e. The molecule has 0 saturated carbocycles. The molecule has 0 unspecified atom stereocenters. The second-order valence-electron chi connectivity index (χ2n) is 4.57. The normalized spacial score (nSPS) is 9.70. The third-order valence-electron chi connectivity index (χ3n) is 3.13. The van der Waals surface area contributed by atoms with E-state index in [4.69, 9.17) is 9.47 Å². The molecule has 0 aromatic heterocycles. The van der Waals surface area contributed by atoms with Crippen LogP contribution in [0.15, 0.2) is 30.3 Å². The zero-order valence-corrected chi connectivity index (χ0v) is 14.6. The molecule has 0 heterocycles. The van der Waals surface area contributed by atoms with Gasteiger partial charge in [0.1, 0.15) is 0 Å². The molecule has 4 nitrogen and oxygen atoms in total. The zero-order valence-electron chi connectivity index (χ0n) is 13.0. The second-order valence-corrected chi connectivity index (χ2v) is 5.13. The highest BCUT2D eigenvalue weighted by Crippen LogP contribution is 2.29. The van der Waals surface area contributed by atoms with Crippen LogP contribution in [0.2, 0.25) is 0 Å². The van der Waals surface area contributed by atoms with Crippen molar-refractivity contribution in [3.63, 3.8) is 0 Å². The molecule has 1 aromatic carbocycles. The van der Waals surface area contributed by atoms with Gasteiger partial charge in [-0.1, -0.05) is 51.9 Å². The topological polar surface area (TPSA) is 52.6 Å². The van der Waals surface area contributed by atoms with Gasteiger partial charge in [-0.25, -0.2) is 0 Å². The fourth-order valence-electron chi connectivity index (χ4n) is 1.90. The van der Waals surface area contributed by atoms with Gasteiger partial charge in [-0.3, -0.25) is 9.59 Å². The molecule has 0 bridgehead atoms. The largest absolute Gasteiger partial charge is 0.468 e. The van der Waals surface area contributed by atoms with Gasteiger partial charge in [-0.2, -0.15) is 0 Å². The number of ether oxygens (including phenoxy) is 2. The molecule has 0 atom stereocenters. The van der Waals surface area contributed by atoms with Crippen LogP contribution in [0.3, 0.4) is 0 Å². The lowest BCUT2D eigenvalue weighted by Gasteiger charge is -2.23. The summed E-state index contributed by atoms with van der Waals surface area (Å²) >= 11 is 3.17. The summed E-state index contributed by atoms with van der Waals surface area (Å²) in [6.07, 6.45) is -0.0420. The highest BCUT2D eigenvalue weighted by atomic mass is 79.9. The van der Waals surface area contributed by atoms with Gasteiger partial charge >= 0.3 is 11.9 Å². The smallest absolute Gasteiger partial charge is 0.325 e. The van der Waals surface area contributed by atoms with Crippen molar-refractivity contribution in [1.82, 2.24) is 0 Å². The third kappa shape index (κ3) is 5.16. The van der Waals surface area contributed by atoms with Crippen molar-refractivity contribution in [1.29, 1.82) is 0 Å². The Bertz CT molecular complexity index is 643. The van der Waals surface area contributed by atoms with E-state index in [1.165, 1.54) is 14.2 Å². The number of methoxy groups -OCH3 is 2. The van der Waals surface area contributed by atoms with Crippen LogP contribution in [0.4, 0.5) is 0 Å². The summed E-state index contributed by atoms with van der Waals surface area (Å²) in [4.78, 5) is 24.4. The molecule has 0 aliphatic rings. The lowest BCUT2D eigenvalue weighted by molar-refractivity contribution is -0.168. The molecule has 1 aromatic rings. The van der Waals surface area contributed by atoms with Crippen LogP contribution in [0, 0.1) is 29.1 Å². The average Bonchev–Trinajstić information content (AvgIpc) is 2.60. The van der Waals surface area contributed by atoms with E-state index in [2.05, 4.69) is 39.6 Å². The van der Waals surface area contributed by atoms with E-state index in [1.807, 2.05) is 30.3 Å². The predicted molar refractivity (Wildman–Crippen MR) is 90.6 cm³/mol. The van der Waals surface area contributed by atoms with E-state index in [0.717, 1.165) is 5.56 Å². The number of hydrogen-bond donors (Lipinski definition) is 0. The Morgan fingerprint density at radius 3 is 2.09 bits per heavy atom. The molecular formula is C18H17BrO4. The zero-order chi connectivity index (χ0) is 17.1. The number of esters is 2. The van der Waals surface area contributed by atoms with Crippen LogP contribution in [0.5, 0.6) is 0 Å². The number of benzene rings is 1. The molecule has 0 aliphatic carbocycles. The summed E-state index contributed by atoms with van der Waals surface area (Å²) < 4.78 is 9.57. The quantitative estimate of drug-likeness (QED) is 0.350. The summed E-state index contributed by atoms with van der Waals surface area (Å²) in [5.74, 6) is 9.96. The molecule has 0 N–H and O–H groups in total. The van der Waals surface area contributed by atoms with Crippen LogP contribution >= 0.6 is 15.9 Å². The summed E-state index contributed by atoms with van der Waals surface area (Å²) in [6.45, 7) is 0. The van der Waals surface area contributed by atoms with Gasteiger partial charge in [0.05, 0.1) is 19.5 Å². The van der Waals surface area contributed by atoms with E-state index >= 15 is 0 Å². The number of halogens is 1. The van der Waals surface area contributed by atoms with Crippen molar-refractivity contribution >= 4 is 27.9 Å². The van der Waals surface area contributed by atoms with E-state index in [1.54, 1.807) is 0 Å². The van der Waals surface area contributed by atoms with Crippen molar-refractivity contribution in [3.8, 4) is 23.7 Å². The van der Waals surface area contributed by atoms with Gasteiger partial charge < -0.3 is 9.47 Å². The highest BCUT2D eigenvalue weighted by Gasteiger charge is 2.47. The maximum absolute atomic E-state index is 12.2. The molecule has 120 valence electrons. The number of hydrogen-bond acceptors (Lipinski definition) is 4. The Balaban J connectivity index is 3.13. The van der Waals surface area contributed by atoms with Crippen molar-refractivity contribution < 1.29 is 19.1 Å². The Morgan fingerprint density at radius 2 is 1.57 bits per heavy atom. The van der Waals surface area contributed by atoms with Gasteiger partial charge in [0.15, 0.2) is 5.41 Å². The molecule has 0 fully saturated rings. The first-order chi connectivity index (χ1) is 11.1. The van der Waals surface area contributed by atoms with Gasteiger partial charge in [-0.15, -0.1) is 5.92 Å². The minimum absolute atomic E-state index is 0.0125. The SMILES string of the molecule is COC(=O)C(CC#CCBr)(CC#Cc1ccccc1)C(=O)OC. The number of rotatable bonds is 4. The number of carbonyl (C=O) groups is 2. The molecule has 0 amide bonds. The van der Waals surface area contributed by atoms with Crippen LogP contribution in [0.1, 0.15) is 18.4 Å². The van der Waals surface area contributed by atoms with E-state index in [-0.39, 0.29) is 12.8 Å².